The van der Waals surface area contributed by atoms with E-state index in [-0.39, 0.29) is 25.4 Å². The molecule has 1 aliphatic heterocycles. The molecule has 1 aliphatic rings. The number of hydrogen-bond acceptors (Lipinski definition) is 5. The molecule has 0 atom stereocenters. The highest BCUT2D eigenvalue weighted by atomic mass is 32.2. The van der Waals surface area contributed by atoms with Crippen molar-refractivity contribution < 1.29 is 27.2 Å². The third-order valence-corrected chi connectivity index (χ3v) is 5.82. The molecule has 0 aliphatic carbocycles. The lowest BCUT2D eigenvalue weighted by atomic mass is 10.00. The quantitative estimate of drug-likeness (QED) is 0.297. The topological polar surface area (TPSA) is 82.1 Å². The van der Waals surface area contributed by atoms with Crippen LogP contribution < -0.4 is 0 Å². The van der Waals surface area contributed by atoms with E-state index in [2.05, 4.69) is 6.92 Å². The minimum Gasteiger partial charge on any atom is -0.376 e. The third kappa shape index (κ3) is 13.6. The minimum absolute atomic E-state index is 0.254. The van der Waals surface area contributed by atoms with Crippen molar-refractivity contribution in [2.24, 2.45) is 5.92 Å². The number of rotatable bonds is 16. The Balaban J connectivity index is 1.98. The fourth-order valence-electron chi connectivity index (χ4n) is 3.27. The first-order chi connectivity index (χ1) is 12.8. The van der Waals surface area contributed by atoms with Crippen molar-refractivity contribution in [3.05, 3.63) is 0 Å². The van der Waals surface area contributed by atoms with Gasteiger partial charge in [0.15, 0.2) is 5.79 Å². The van der Waals surface area contributed by atoms with Crippen LogP contribution >= 0.6 is 0 Å². The normalized spacial score (nSPS) is 23.6. The minimum atomic E-state index is -3.92. The van der Waals surface area contributed by atoms with Crippen LogP contribution in [-0.2, 0) is 24.3 Å². The fraction of sp³-hybridized carbons (Fsp3) is 1.00. The summed E-state index contributed by atoms with van der Waals surface area (Å²) in [5, 5.41) is 0. The average molecular weight is 409 g/mol. The molecule has 27 heavy (non-hydrogen) atoms. The second-order valence-electron chi connectivity index (χ2n) is 7.93. The zero-order chi connectivity index (χ0) is 20.0. The van der Waals surface area contributed by atoms with Gasteiger partial charge < -0.3 is 14.2 Å². The zero-order valence-corrected chi connectivity index (χ0v) is 18.1. The molecule has 0 radical (unpaired) electrons. The lowest BCUT2D eigenvalue weighted by Crippen LogP contribution is -2.45. The lowest BCUT2D eigenvalue weighted by Gasteiger charge is -2.37. The van der Waals surface area contributed by atoms with Gasteiger partial charge in [-0.2, -0.15) is 8.42 Å². The summed E-state index contributed by atoms with van der Waals surface area (Å²) in [4.78, 5) is 0. The molecule has 0 spiro atoms. The van der Waals surface area contributed by atoms with Crippen molar-refractivity contribution in [3.63, 3.8) is 0 Å². The van der Waals surface area contributed by atoms with E-state index in [1.165, 1.54) is 57.8 Å². The van der Waals surface area contributed by atoms with E-state index in [1.807, 2.05) is 6.92 Å². The molecule has 0 bridgehead atoms. The van der Waals surface area contributed by atoms with Gasteiger partial charge in [-0.05, 0) is 19.8 Å². The van der Waals surface area contributed by atoms with E-state index in [0.29, 0.717) is 19.1 Å². The summed E-state index contributed by atoms with van der Waals surface area (Å²) in [7, 11) is -3.92. The Morgan fingerprint density at radius 2 is 1.52 bits per heavy atom. The number of unbranched alkanes of at least 4 members (excludes halogenated alkanes) is 8. The lowest BCUT2D eigenvalue weighted by molar-refractivity contribution is -0.292. The molecule has 0 amide bonds. The van der Waals surface area contributed by atoms with Crippen molar-refractivity contribution in [1.29, 1.82) is 0 Å². The summed E-state index contributed by atoms with van der Waals surface area (Å²) in [5.74, 6) is -0.596. The van der Waals surface area contributed by atoms with Gasteiger partial charge in [-0.1, -0.05) is 64.7 Å². The van der Waals surface area contributed by atoms with Crippen molar-refractivity contribution in [3.8, 4) is 0 Å². The molecule has 1 N–H and O–H groups in total. The van der Waals surface area contributed by atoms with Crippen molar-refractivity contribution in [1.82, 2.24) is 0 Å². The van der Waals surface area contributed by atoms with Crippen LogP contribution in [0.15, 0.2) is 0 Å². The van der Waals surface area contributed by atoms with E-state index in [0.717, 1.165) is 6.42 Å². The maximum atomic E-state index is 10.6. The van der Waals surface area contributed by atoms with Crippen molar-refractivity contribution in [2.45, 2.75) is 90.3 Å². The SMILES string of the molecule is CCCCCCCCCCCC1COC(C)(COCCCS(=O)(=O)O)OC1. The van der Waals surface area contributed by atoms with Gasteiger partial charge in [-0.15, -0.1) is 0 Å². The maximum Gasteiger partial charge on any atom is 0.264 e. The maximum absolute atomic E-state index is 10.6. The summed E-state index contributed by atoms with van der Waals surface area (Å²) in [6.07, 6.45) is 13.4. The molecule has 0 saturated carbocycles. The van der Waals surface area contributed by atoms with Gasteiger partial charge in [0, 0.05) is 12.5 Å². The molecule has 0 unspecified atom stereocenters. The van der Waals surface area contributed by atoms with Crippen LogP contribution in [0.2, 0.25) is 0 Å². The largest absolute Gasteiger partial charge is 0.376 e. The summed E-state index contributed by atoms with van der Waals surface area (Å²) in [6.45, 7) is 5.99. The van der Waals surface area contributed by atoms with Gasteiger partial charge in [0.2, 0.25) is 0 Å². The number of hydrogen-bond donors (Lipinski definition) is 1. The Labute approximate surface area is 166 Å². The van der Waals surface area contributed by atoms with Crippen molar-refractivity contribution in [2.75, 3.05) is 32.2 Å². The van der Waals surface area contributed by atoms with Crippen LogP contribution in [-0.4, -0.2) is 50.9 Å². The van der Waals surface area contributed by atoms with E-state index in [4.69, 9.17) is 18.8 Å². The van der Waals surface area contributed by atoms with Crippen LogP contribution in [0.5, 0.6) is 0 Å². The van der Waals surface area contributed by atoms with Gasteiger partial charge in [-0.25, -0.2) is 0 Å². The summed E-state index contributed by atoms with van der Waals surface area (Å²) in [5.41, 5.74) is 0. The molecule has 7 heteroatoms. The Kier molecular flexibility index (Phi) is 12.8. The van der Waals surface area contributed by atoms with Gasteiger partial charge >= 0.3 is 0 Å². The van der Waals surface area contributed by atoms with Gasteiger partial charge in [0.25, 0.3) is 10.1 Å². The number of ether oxygens (including phenoxy) is 3. The van der Waals surface area contributed by atoms with Gasteiger partial charge in [0.05, 0.1) is 19.0 Å². The van der Waals surface area contributed by atoms with Crippen LogP contribution in [0.3, 0.4) is 0 Å². The predicted octanol–water partition coefficient (Wildman–Crippen LogP) is 4.58. The molecule has 0 aromatic rings. The monoisotopic (exact) mass is 408 g/mol. The Morgan fingerprint density at radius 1 is 0.963 bits per heavy atom. The van der Waals surface area contributed by atoms with E-state index in [9.17, 15) is 8.42 Å². The van der Waals surface area contributed by atoms with Crippen LogP contribution in [0, 0.1) is 5.92 Å². The van der Waals surface area contributed by atoms with Gasteiger partial charge in [-0.3, -0.25) is 4.55 Å². The smallest absolute Gasteiger partial charge is 0.264 e. The van der Waals surface area contributed by atoms with E-state index >= 15 is 0 Å². The molecule has 1 heterocycles. The predicted molar refractivity (Wildman–Crippen MR) is 107 cm³/mol. The summed E-state index contributed by atoms with van der Waals surface area (Å²) < 4.78 is 47.1. The summed E-state index contributed by atoms with van der Waals surface area (Å²) >= 11 is 0. The molecule has 1 fully saturated rings. The first-order valence-electron chi connectivity index (χ1n) is 10.7. The fourth-order valence-corrected chi connectivity index (χ4v) is 3.76. The molecule has 0 aromatic heterocycles. The van der Waals surface area contributed by atoms with Crippen molar-refractivity contribution >= 4 is 10.1 Å². The highest BCUT2D eigenvalue weighted by molar-refractivity contribution is 7.85. The summed E-state index contributed by atoms with van der Waals surface area (Å²) in [6, 6.07) is 0. The molecule has 162 valence electrons. The first-order valence-corrected chi connectivity index (χ1v) is 12.3. The molecule has 1 saturated heterocycles. The average Bonchev–Trinajstić information content (AvgIpc) is 2.61. The van der Waals surface area contributed by atoms with E-state index in [1.54, 1.807) is 0 Å². The van der Waals surface area contributed by atoms with Crippen LogP contribution in [0.25, 0.3) is 0 Å². The molecule has 1 rings (SSSR count). The van der Waals surface area contributed by atoms with Crippen LogP contribution in [0.4, 0.5) is 0 Å². The third-order valence-electron chi connectivity index (χ3n) is 5.02. The first kappa shape index (κ1) is 24.8. The second kappa shape index (κ2) is 13.9. The Hall–Kier alpha value is -0.210. The highest BCUT2D eigenvalue weighted by Crippen LogP contribution is 2.25. The molecule has 0 aromatic carbocycles. The zero-order valence-electron chi connectivity index (χ0n) is 17.3. The molecular formula is C20H40O6S. The molecule has 6 nitrogen and oxygen atoms in total. The standard InChI is InChI=1S/C20H40O6S/c1-3-4-5-6-7-8-9-10-11-13-19-16-25-20(2,26-17-19)18-24-14-12-15-27(21,22)23/h19H,3-18H2,1-2H3,(H,21,22,23). The second-order valence-corrected chi connectivity index (χ2v) is 9.50. The van der Waals surface area contributed by atoms with Crippen LogP contribution in [0.1, 0.15) is 84.5 Å². The Morgan fingerprint density at radius 3 is 2.07 bits per heavy atom. The Bertz CT molecular complexity index is 457. The van der Waals surface area contributed by atoms with E-state index < -0.39 is 15.9 Å². The molecular weight excluding hydrogens is 368 g/mol. The highest BCUT2D eigenvalue weighted by Gasteiger charge is 2.33. The van der Waals surface area contributed by atoms with Gasteiger partial charge in [0.1, 0.15) is 6.61 Å².